The normalized spacial score (nSPS) is 15.2. The lowest BCUT2D eigenvalue weighted by Crippen LogP contribution is -2.42. The number of carbonyl (C=O) groups excluding carboxylic acids is 2. The zero-order chi connectivity index (χ0) is 16.1. The predicted octanol–water partition coefficient (Wildman–Crippen LogP) is 1.74. The molecule has 1 aromatic rings. The van der Waals surface area contributed by atoms with Crippen molar-refractivity contribution in [2.45, 2.75) is 44.2 Å². The molecule has 1 fully saturated rings. The van der Waals surface area contributed by atoms with Crippen molar-refractivity contribution in [1.29, 1.82) is 0 Å². The third kappa shape index (κ3) is 3.96. The van der Waals surface area contributed by atoms with E-state index in [9.17, 15) is 9.59 Å². The highest BCUT2D eigenvalue weighted by Gasteiger charge is 2.29. The molecule has 1 heterocycles. The number of nitrogens with one attached hydrogen (secondary N) is 2. The Morgan fingerprint density at radius 2 is 2.32 bits per heavy atom. The van der Waals surface area contributed by atoms with Crippen LogP contribution in [0.1, 0.15) is 46.9 Å². The summed E-state index contributed by atoms with van der Waals surface area (Å²) in [5, 5.41) is 5.80. The van der Waals surface area contributed by atoms with Crippen LogP contribution in [0.25, 0.3) is 5.70 Å². The number of aldehydes is 1. The quantitative estimate of drug-likeness (QED) is 0.605. The van der Waals surface area contributed by atoms with Gasteiger partial charge in [-0.3, -0.25) is 4.79 Å². The van der Waals surface area contributed by atoms with E-state index in [0.29, 0.717) is 25.3 Å². The summed E-state index contributed by atoms with van der Waals surface area (Å²) in [5.41, 5.74) is 7.54. The molecule has 4 N–H and O–H groups in total. The van der Waals surface area contributed by atoms with Gasteiger partial charge in [0.05, 0.1) is 0 Å². The molecule has 0 spiro atoms. The highest BCUT2D eigenvalue weighted by atomic mass is 32.1. The highest BCUT2D eigenvalue weighted by molar-refractivity contribution is 7.12. The SMILES string of the molecule is C=C(NC(CCC=O)C(=O)NC)c1cc(CN)sc1C1CC1. The molecule has 0 aromatic carbocycles. The number of hydrogen-bond acceptors (Lipinski definition) is 5. The molecule has 120 valence electrons. The monoisotopic (exact) mass is 321 g/mol. The minimum absolute atomic E-state index is 0.134. The first kappa shape index (κ1) is 16.7. The third-order valence-corrected chi connectivity index (χ3v) is 5.09. The van der Waals surface area contributed by atoms with Crippen molar-refractivity contribution in [3.63, 3.8) is 0 Å². The Labute approximate surface area is 135 Å². The van der Waals surface area contributed by atoms with Crippen LogP contribution in [-0.4, -0.2) is 25.3 Å². The predicted molar refractivity (Wildman–Crippen MR) is 89.5 cm³/mol. The van der Waals surface area contributed by atoms with Gasteiger partial charge < -0.3 is 21.2 Å². The maximum atomic E-state index is 11.9. The van der Waals surface area contributed by atoms with Crippen molar-refractivity contribution in [2.75, 3.05) is 7.05 Å². The van der Waals surface area contributed by atoms with E-state index >= 15 is 0 Å². The number of likely N-dealkylation sites (N-methyl/N-ethyl adjacent to an activating group) is 1. The summed E-state index contributed by atoms with van der Waals surface area (Å²) in [5.74, 6) is 0.470. The number of hydrogen-bond donors (Lipinski definition) is 3. The minimum Gasteiger partial charge on any atom is -0.374 e. The highest BCUT2D eigenvalue weighted by Crippen LogP contribution is 2.46. The summed E-state index contributed by atoms with van der Waals surface area (Å²) in [7, 11) is 1.59. The fraction of sp³-hybridized carbons (Fsp3) is 0.500. The number of carbonyl (C=O) groups is 2. The van der Waals surface area contributed by atoms with Gasteiger partial charge in [0.15, 0.2) is 0 Å². The van der Waals surface area contributed by atoms with Crippen molar-refractivity contribution in [3.8, 4) is 0 Å². The molecule has 0 aliphatic heterocycles. The van der Waals surface area contributed by atoms with Crippen LogP contribution in [0, 0.1) is 0 Å². The molecular formula is C16H23N3O2S. The molecule has 1 aromatic heterocycles. The van der Waals surface area contributed by atoms with Gasteiger partial charge in [-0.25, -0.2) is 0 Å². The van der Waals surface area contributed by atoms with Crippen molar-refractivity contribution in [3.05, 3.63) is 28.0 Å². The molecule has 0 bridgehead atoms. The van der Waals surface area contributed by atoms with Crippen LogP contribution in [-0.2, 0) is 16.1 Å². The van der Waals surface area contributed by atoms with Gasteiger partial charge >= 0.3 is 0 Å². The van der Waals surface area contributed by atoms with Crippen molar-refractivity contribution in [2.24, 2.45) is 5.73 Å². The second-order valence-electron chi connectivity index (χ2n) is 5.50. The molecule has 0 saturated heterocycles. The Hall–Kier alpha value is -1.66. The molecule has 2 rings (SSSR count). The zero-order valence-electron chi connectivity index (χ0n) is 12.9. The lowest BCUT2D eigenvalue weighted by Gasteiger charge is -2.19. The van der Waals surface area contributed by atoms with E-state index < -0.39 is 6.04 Å². The lowest BCUT2D eigenvalue weighted by atomic mass is 10.1. The third-order valence-electron chi connectivity index (χ3n) is 3.77. The summed E-state index contributed by atoms with van der Waals surface area (Å²) < 4.78 is 0. The van der Waals surface area contributed by atoms with Gasteiger partial charge in [-0.15, -0.1) is 11.3 Å². The Kier molecular flexibility index (Phi) is 5.74. The van der Waals surface area contributed by atoms with E-state index in [1.165, 1.54) is 17.7 Å². The maximum absolute atomic E-state index is 11.9. The van der Waals surface area contributed by atoms with Crippen LogP contribution in [0.3, 0.4) is 0 Å². The van der Waals surface area contributed by atoms with E-state index in [2.05, 4.69) is 23.3 Å². The second-order valence-corrected chi connectivity index (χ2v) is 6.67. The minimum atomic E-state index is -0.448. The maximum Gasteiger partial charge on any atom is 0.242 e. The van der Waals surface area contributed by atoms with Gasteiger partial charge in [0.1, 0.15) is 12.3 Å². The Bertz CT molecular complexity index is 564. The van der Waals surface area contributed by atoms with E-state index in [1.54, 1.807) is 18.4 Å². The second kappa shape index (κ2) is 7.56. The Morgan fingerprint density at radius 3 is 2.86 bits per heavy atom. The van der Waals surface area contributed by atoms with Gasteiger partial charge in [-0.1, -0.05) is 6.58 Å². The summed E-state index contributed by atoms with van der Waals surface area (Å²) in [6.07, 6.45) is 4.02. The Balaban J connectivity index is 2.13. The number of nitrogens with two attached hydrogens (primary N) is 1. The van der Waals surface area contributed by atoms with Gasteiger partial charge in [0.25, 0.3) is 0 Å². The molecule has 0 radical (unpaired) electrons. The van der Waals surface area contributed by atoms with Crippen LogP contribution >= 0.6 is 11.3 Å². The van der Waals surface area contributed by atoms with Crippen molar-refractivity contribution >= 4 is 29.2 Å². The first-order valence-corrected chi connectivity index (χ1v) is 8.36. The van der Waals surface area contributed by atoms with Gasteiger partial charge in [-0.2, -0.15) is 0 Å². The average Bonchev–Trinajstić information content (AvgIpc) is 3.29. The largest absolute Gasteiger partial charge is 0.374 e. The number of rotatable bonds is 9. The molecule has 5 nitrogen and oxygen atoms in total. The first-order valence-electron chi connectivity index (χ1n) is 7.54. The van der Waals surface area contributed by atoms with Crippen LogP contribution in [0.4, 0.5) is 0 Å². The molecule has 1 unspecified atom stereocenters. The molecule has 1 aliphatic carbocycles. The smallest absolute Gasteiger partial charge is 0.242 e. The number of thiophene rings is 1. The molecule has 6 heteroatoms. The molecule has 1 aliphatic rings. The lowest BCUT2D eigenvalue weighted by molar-refractivity contribution is -0.122. The van der Waals surface area contributed by atoms with Crippen LogP contribution in [0.2, 0.25) is 0 Å². The summed E-state index contributed by atoms with van der Waals surface area (Å²) in [4.78, 5) is 24.9. The molecule has 1 amide bonds. The molecule has 1 saturated carbocycles. The zero-order valence-corrected chi connectivity index (χ0v) is 13.7. The van der Waals surface area contributed by atoms with E-state index in [1.807, 2.05) is 0 Å². The Morgan fingerprint density at radius 1 is 1.59 bits per heavy atom. The molecular weight excluding hydrogens is 298 g/mol. The van der Waals surface area contributed by atoms with E-state index in [-0.39, 0.29) is 5.91 Å². The standard InChI is InChI=1S/C16H23N3O2S/c1-10(19-14(4-3-7-20)16(21)18-2)13-8-12(9-17)22-15(13)11-5-6-11/h7-8,11,14,19H,1,3-6,9,17H2,2H3,(H,18,21). The van der Waals surface area contributed by atoms with Crippen LogP contribution in [0.5, 0.6) is 0 Å². The first-order chi connectivity index (χ1) is 10.6. The molecule has 1 atom stereocenters. The van der Waals surface area contributed by atoms with Crippen molar-refractivity contribution < 1.29 is 9.59 Å². The van der Waals surface area contributed by atoms with E-state index in [0.717, 1.165) is 22.4 Å². The van der Waals surface area contributed by atoms with Gasteiger partial charge in [0.2, 0.25) is 5.91 Å². The van der Waals surface area contributed by atoms with Crippen molar-refractivity contribution in [1.82, 2.24) is 10.6 Å². The summed E-state index contributed by atoms with van der Waals surface area (Å²) in [6.45, 7) is 4.61. The topological polar surface area (TPSA) is 84.2 Å². The summed E-state index contributed by atoms with van der Waals surface area (Å²) >= 11 is 1.73. The van der Waals surface area contributed by atoms with Gasteiger partial charge in [0, 0.05) is 41.0 Å². The molecule has 22 heavy (non-hydrogen) atoms. The van der Waals surface area contributed by atoms with Crippen LogP contribution < -0.4 is 16.4 Å². The van der Waals surface area contributed by atoms with Gasteiger partial charge in [-0.05, 0) is 31.2 Å². The van der Waals surface area contributed by atoms with Crippen LogP contribution in [0.15, 0.2) is 12.6 Å². The fourth-order valence-corrected chi connectivity index (χ4v) is 3.65. The van der Waals surface area contributed by atoms with E-state index in [4.69, 9.17) is 5.73 Å². The summed E-state index contributed by atoms with van der Waals surface area (Å²) in [6, 6.07) is 1.62. The average molecular weight is 321 g/mol. The fourth-order valence-electron chi connectivity index (χ4n) is 2.41. The number of amides is 1.